The highest BCUT2D eigenvalue weighted by Gasteiger charge is 2.43. The summed E-state index contributed by atoms with van der Waals surface area (Å²) in [5.41, 5.74) is 6.60. The molecule has 0 fully saturated rings. The first-order valence-corrected chi connectivity index (χ1v) is 11.1. The van der Waals surface area contributed by atoms with Gasteiger partial charge in [-0.25, -0.2) is 0 Å². The molecule has 0 radical (unpaired) electrons. The lowest BCUT2D eigenvalue weighted by Crippen LogP contribution is -2.61. The summed E-state index contributed by atoms with van der Waals surface area (Å²) in [6.07, 6.45) is 3.22. The van der Waals surface area contributed by atoms with Crippen molar-refractivity contribution >= 4 is 30.2 Å². The lowest BCUT2D eigenvalue weighted by molar-refractivity contribution is -0.120. The van der Waals surface area contributed by atoms with Crippen molar-refractivity contribution in [2.75, 3.05) is 7.11 Å². The van der Waals surface area contributed by atoms with E-state index in [0.29, 0.717) is 16.9 Å². The van der Waals surface area contributed by atoms with E-state index in [9.17, 15) is 14.7 Å². The lowest BCUT2D eigenvalue weighted by Gasteiger charge is -2.39. The van der Waals surface area contributed by atoms with Gasteiger partial charge in [0.2, 0.25) is 5.91 Å². The number of ether oxygens (including phenoxy) is 1. The number of carbonyl (C=O) groups is 2. The number of amides is 1. The predicted molar refractivity (Wildman–Crippen MR) is 141 cm³/mol. The minimum absolute atomic E-state index is 0. The molecule has 0 aromatic heterocycles. The molecule has 6 nitrogen and oxygen atoms in total. The largest absolute Gasteiger partial charge is 0.497 e. The number of hydrogen-bond acceptors (Lipinski definition) is 5. The van der Waals surface area contributed by atoms with Crippen molar-refractivity contribution in [1.29, 1.82) is 0 Å². The average Bonchev–Trinajstić information content (AvgIpc) is 2.90. The van der Waals surface area contributed by atoms with Crippen LogP contribution in [0.3, 0.4) is 0 Å². The van der Waals surface area contributed by atoms with Gasteiger partial charge in [-0.15, -0.1) is 12.4 Å². The second kappa shape index (κ2) is 12.9. The summed E-state index contributed by atoms with van der Waals surface area (Å²) >= 11 is 0. The van der Waals surface area contributed by atoms with E-state index in [-0.39, 0.29) is 24.6 Å². The number of nitrogens with two attached hydrogens (primary N) is 1. The van der Waals surface area contributed by atoms with E-state index >= 15 is 0 Å². The highest BCUT2D eigenvalue weighted by atomic mass is 35.5. The lowest BCUT2D eigenvalue weighted by atomic mass is 9.78. The number of benzene rings is 3. The third-order valence-corrected chi connectivity index (χ3v) is 5.87. The van der Waals surface area contributed by atoms with Gasteiger partial charge in [-0.2, -0.15) is 0 Å². The first-order valence-electron chi connectivity index (χ1n) is 11.1. The maximum atomic E-state index is 13.2. The second-order valence-electron chi connectivity index (χ2n) is 8.00. The molecule has 35 heavy (non-hydrogen) atoms. The zero-order chi connectivity index (χ0) is 24.6. The Morgan fingerprint density at radius 3 is 2.26 bits per heavy atom. The van der Waals surface area contributed by atoms with Crippen LogP contribution < -0.4 is 15.8 Å². The first-order chi connectivity index (χ1) is 16.4. The molecule has 3 rings (SSSR count). The quantitative estimate of drug-likeness (QED) is 0.290. The monoisotopic (exact) mass is 494 g/mol. The van der Waals surface area contributed by atoms with Crippen LogP contribution >= 0.6 is 12.4 Å². The van der Waals surface area contributed by atoms with Gasteiger partial charge in [0.05, 0.1) is 19.2 Å². The predicted octanol–water partition coefficient (Wildman–Crippen LogP) is 4.12. The van der Waals surface area contributed by atoms with Crippen LogP contribution in [0.1, 0.15) is 34.8 Å². The Balaban J connectivity index is 0.00000432. The van der Waals surface area contributed by atoms with E-state index in [1.807, 2.05) is 24.3 Å². The SMILES string of the molecule is CCC(O)(c1ccccc1)C(NC(=O)C=Cc1cccc(OC)c1)C(N)C(=O)c1ccccc1.Cl. The van der Waals surface area contributed by atoms with E-state index in [4.69, 9.17) is 10.5 Å². The van der Waals surface area contributed by atoms with Crippen LogP contribution in [0.5, 0.6) is 5.75 Å². The summed E-state index contributed by atoms with van der Waals surface area (Å²) in [5, 5.41) is 14.5. The minimum atomic E-state index is -1.56. The molecule has 0 heterocycles. The van der Waals surface area contributed by atoms with Crippen LogP contribution in [0.2, 0.25) is 0 Å². The fourth-order valence-electron chi connectivity index (χ4n) is 3.90. The number of hydrogen-bond donors (Lipinski definition) is 3. The fourth-order valence-corrected chi connectivity index (χ4v) is 3.90. The van der Waals surface area contributed by atoms with Gasteiger partial charge in [-0.1, -0.05) is 79.7 Å². The van der Waals surface area contributed by atoms with Crippen molar-refractivity contribution in [1.82, 2.24) is 5.32 Å². The van der Waals surface area contributed by atoms with Crippen LogP contribution in [0, 0.1) is 0 Å². The second-order valence-corrected chi connectivity index (χ2v) is 8.00. The Hall–Kier alpha value is -3.45. The van der Waals surface area contributed by atoms with Crippen molar-refractivity contribution in [3.63, 3.8) is 0 Å². The number of methoxy groups -OCH3 is 1. The number of nitrogens with one attached hydrogen (secondary N) is 1. The molecular formula is C28H31ClN2O4. The fraction of sp³-hybridized carbons (Fsp3) is 0.214. The molecule has 0 aliphatic heterocycles. The van der Waals surface area contributed by atoms with E-state index in [1.165, 1.54) is 6.08 Å². The van der Waals surface area contributed by atoms with Gasteiger partial charge in [0.25, 0.3) is 0 Å². The molecule has 3 aromatic carbocycles. The molecule has 0 aliphatic carbocycles. The van der Waals surface area contributed by atoms with Crippen LogP contribution in [0.4, 0.5) is 0 Å². The highest BCUT2D eigenvalue weighted by molar-refractivity contribution is 6.01. The van der Waals surface area contributed by atoms with Gasteiger partial charge >= 0.3 is 0 Å². The van der Waals surface area contributed by atoms with Gasteiger partial charge < -0.3 is 20.9 Å². The Kier molecular flexibility index (Phi) is 10.2. The number of aliphatic hydroxyl groups is 1. The third kappa shape index (κ3) is 6.79. The first kappa shape index (κ1) is 27.8. The summed E-state index contributed by atoms with van der Waals surface area (Å²) in [4.78, 5) is 26.1. The molecule has 3 aromatic rings. The Bertz CT molecular complexity index is 1140. The normalized spacial score (nSPS) is 14.3. The summed E-state index contributed by atoms with van der Waals surface area (Å²) in [6, 6.07) is 22.6. The van der Waals surface area contributed by atoms with E-state index in [2.05, 4.69) is 5.32 Å². The van der Waals surface area contributed by atoms with Gasteiger partial charge in [0.1, 0.15) is 11.4 Å². The zero-order valence-electron chi connectivity index (χ0n) is 19.8. The number of ketones is 1. The molecule has 0 saturated heterocycles. The molecule has 3 unspecified atom stereocenters. The van der Waals surface area contributed by atoms with Gasteiger partial charge in [-0.05, 0) is 35.8 Å². The molecule has 0 aliphatic rings. The smallest absolute Gasteiger partial charge is 0.244 e. The minimum Gasteiger partial charge on any atom is -0.497 e. The van der Waals surface area contributed by atoms with Crippen molar-refractivity contribution in [3.8, 4) is 5.75 Å². The van der Waals surface area contributed by atoms with Gasteiger partial charge in [-0.3, -0.25) is 9.59 Å². The van der Waals surface area contributed by atoms with E-state index < -0.39 is 23.6 Å². The number of Topliss-reactive ketones (excluding diaryl/α,β-unsaturated/α-hetero) is 1. The summed E-state index contributed by atoms with van der Waals surface area (Å²) in [6.45, 7) is 1.79. The number of rotatable bonds is 10. The van der Waals surface area contributed by atoms with E-state index in [1.54, 1.807) is 80.8 Å². The maximum absolute atomic E-state index is 13.2. The van der Waals surface area contributed by atoms with E-state index in [0.717, 1.165) is 5.56 Å². The molecule has 4 N–H and O–H groups in total. The van der Waals surface area contributed by atoms with Crippen molar-refractivity contribution in [2.45, 2.75) is 31.0 Å². The average molecular weight is 495 g/mol. The zero-order valence-corrected chi connectivity index (χ0v) is 20.6. The molecule has 7 heteroatoms. The number of halogens is 1. The molecule has 3 atom stereocenters. The molecule has 1 amide bonds. The molecule has 0 saturated carbocycles. The topological polar surface area (TPSA) is 102 Å². The van der Waals surface area contributed by atoms with Crippen molar-refractivity contribution < 1.29 is 19.4 Å². The summed E-state index contributed by atoms with van der Waals surface area (Å²) < 4.78 is 5.21. The maximum Gasteiger partial charge on any atom is 0.244 e. The molecule has 0 spiro atoms. The van der Waals surface area contributed by atoms with Gasteiger partial charge in [0, 0.05) is 11.6 Å². The number of carbonyl (C=O) groups excluding carboxylic acids is 2. The Morgan fingerprint density at radius 1 is 1.03 bits per heavy atom. The molecule has 184 valence electrons. The Morgan fingerprint density at radius 2 is 1.66 bits per heavy atom. The molecular weight excluding hydrogens is 464 g/mol. The van der Waals surface area contributed by atoms with Crippen LogP contribution in [-0.4, -0.2) is 36.0 Å². The van der Waals surface area contributed by atoms with Crippen LogP contribution in [-0.2, 0) is 10.4 Å². The molecule has 0 bridgehead atoms. The van der Waals surface area contributed by atoms with Crippen molar-refractivity contribution in [2.24, 2.45) is 5.73 Å². The highest BCUT2D eigenvalue weighted by Crippen LogP contribution is 2.31. The van der Waals surface area contributed by atoms with Crippen molar-refractivity contribution in [3.05, 3.63) is 108 Å². The van der Waals surface area contributed by atoms with Crippen LogP contribution in [0.15, 0.2) is 91.0 Å². The third-order valence-electron chi connectivity index (χ3n) is 5.87. The summed E-state index contributed by atoms with van der Waals surface area (Å²) in [7, 11) is 1.57. The Labute approximate surface area is 212 Å². The van der Waals surface area contributed by atoms with Gasteiger partial charge in [0.15, 0.2) is 5.78 Å². The standard InChI is InChI=1S/C28H30N2O4.ClH/c1-3-28(33,22-14-8-5-9-15-22)27(25(29)26(32)21-12-6-4-7-13-21)30-24(31)18-17-20-11-10-16-23(19-20)34-2;/h4-19,25,27,33H,3,29H2,1-2H3,(H,30,31);1H. The van der Waals surface area contributed by atoms with Crippen LogP contribution in [0.25, 0.3) is 6.08 Å². The summed E-state index contributed by atoms with van der Waals surface area (Å²) in [5.74, 6) is -0.183.